The van der Waals surface area contributed by atoms with Crippen LogP contribution in [0.1, 0.15) is 76.1 Å². The highest BCUT2D eigenvalue weighted by molar-refractivity contribution is 7.07. The summed E-state index contributed by atoms with van der Waals surface area (Å²) in [6, 6.07) is 6.09. The van der Waals surface area contributed by atoms with Gasteiger partial charge in [-0.25, -0.2) is 9.98 Å². The minimum atomic E-state index is -0.548. The second-order valence-corrected chi connectivity index (χ2v) is 12.8. The number of carbonyl (C=O) groups excluding carboxylic acids is 1. The highest BCUT2D eigenvalue weighted by atomic mass is 32.1. The van der Waals surface area contributed by atoms with E-state index in [9.17, 15) is 4.79 Å². The van der Waals surface area contributed by atoms with Gasteiger partial charge in [0.1, 0.15) is 35.8 Å². The number of amidine groups is 1. The highest BCUT2D eigenvalue weighted by Crippen LogP contribution is 2.31. The first-order chi connectivity index (χ1) is 19.8. The van der Waals surface area contributed by atoms with Gasteiger partial charge >= 0.3 is 5.97 Å². The Kier molecular flexibility index (Phi) is 9.49. The summed E-state index contributed by atoms with van der Waals surface area (Å²) in [6.07, 6.45) is 5.26. The number of hydrogen-bond donors (Lipinski definition) is 4. The van der Waals surface area contributed by atoms with Gasteiger partial charge in [0.15, 0.2) is 0 Å². The molecule has 5 rings (SSSR count). The number of ether oxygens (including phenoxy) is 1. The molecular weight excluding hydrogens is 534 g/mol. The van der Waals surface area contributed by atoms with Crippen LogP contribution in [0, 0.1) is 0 Å². The Hall–Kier alpha value is -3.11. The maximum absolute atomic E-state index is 13.1. The number of fused-ring (bicyclic) bond motifs is 1. The molecule has 2 aromatic rings. The van der Waals surface area contributed by atoms with Crippen molar-refractivity contribution in [2.75, 3.05) is 38.2 Å². The van der Waals surface area contributed by atoms with Crippen molar-refractivity contribution in [3.05, 3.63) is 57.2 Å². The van der Waals surface area contributed by atoms with Crippen molar-refractivity contribution >= 4 is 29.0 Å². The number of likely N-dealkylation sites (tertiary alicyclic amines) is 1. The monoisotopic (exact) mass is 579 g/mol. The van der Waals surface area contributed by atoms with E-state index < -0.39 is 11.6 Å². The maximum atomic E-state index is 13.1. The lowest BCUT2D eigenvalue weighted by molar-refractivity contribution is -0.157. The van der Waals surface area contributed by atoms with Gasteiger partial charge in [-0.1, -0.05) is 13.0 Å². The van der Waals surface area contributed by atoms with E-state index in [2.05, 4.69) is 56.7 Å². The number of nitrogens with one attached hydrogen (secondary N) is 4. The van der Waals surface area contributed by atoms with Gasteiger partial charge in [0.25, 0.3) is 0 Å². The number of pyridine rings is 1. The normalized spacial score (nSPS) is 18.6. The molecule has 1 fully saturated rings. The number of aryl methyl sites for hydroxylation is 1. The van der Waals surface area contributed by atoms with E-state index in [0.29, 0.717) is 25.7 Å². The van der Waals surface area contributed by atoms with Gasteiger partial charge in [0.2, 0.25) is 0 Å². The molecule has 0 amide bonds. The molecule has 0 aliphatic carbocycles. The van der Waals surface area contributed by atoms with Crippen LogP contribution >= 0.6 is 11.3 Å². The van der Waals surface area contributed by atoms with Crippen LogP contribution in [0.4, 0.5) is 5.82 Å². The van der Waals surface area contributed by atoms with Gasteiger partial charge in [0.05, 0.1) is 0 Å². The van der Waals surface area contributed by atoms with E-state index in [-0.39, 0.29) is 5.97 Å². The van der Waals surface area contributed by atoms with Crippen LogP contribution < -0.4 is 21.3 Å². The zero-order valence-corrected chi connectivity index (χ0v) is 25.7. The molecule has 2 aromatic heterocycles. The Labute approximate surface area is 248 Å². The topological polar surface area (TPSA) is 103 Å². The number of piperidine rings is 1. The number of rotatable bonds is 9. The molecule has 10 heteroatoms. The summed E-state index contributed by atoms with van der Waals surface area (Å²) in [5.74, 6) is 3.32. The van der Waals surface area contributed by atoms with Crippen molar-refractivity contribution in [3.8, 4) is 0 Å². The number of esters is 1. The number of anilines is 1. The van der Waals surface area contributed by atoms with E-state index >= 15 is 0 Å². The summed E-state index contributed by atoms with van der Waals surface area (Å²) >= 11 is 1.65. The first kappa shape index (κ1) is 29.4. The number of hydrogen-bond acceptors (Lipinski definition) is 10. The Bertz CT molecular complexity index is 1240. The van der Waals surface area contributed by atoms with Crippen LogP contribution in [0.25, 0.3) is 0 Å². The van der Waals surface area contributed by atoms with E-state index in [0.717, 1.165) is 73.9 Å². The van der Waals surface area contributed by atoms with Crippen LogP contribution in [-0.4, -0.2) is 66.2 Å². The molecular formula is C31H45N7O2S. The fourth-order valence-electron chi connectivity index (χ4n) is 5.71. The minimum Gasteiger partial charge on any atom is -0.459 e. The Morgan fingerprint density at radius 3 is 2.78 bits per heavy atom. The SMILES string of the molecule is CCC1=C(NC[C@H](NCc2ccsc2)C(=O)OC(C)(C)C)NCN=C1N1CCC(c2ccc3c(n2)NCCC3)CC1. The van der Waals surface area contributed by atoms with Crippen molar-refractivity contribution in [1.29, 1.82) is 0 Å². The summed E-state index contributed by atoms with van der Waals surface area (Å²) < 4.78 is 5.74. The van der Waals surface area contributed by atoms with Crippen LogP contribution in [0.5, 0.6) is 0 Å². The smallest absolute Gasteiger partial charge is 0.325 e. The molecule has 0 aromatic carbocycles. The molecule has 0 saturated carbocycles. The molecule has 4 N–H and O–H groups in total. The molecule has 222 valence electrons. The van der Waals surface area contributed by atoms with Crippen molar-refractivity contribution in [1.82, 2.24) is 25.8 Å². The molecule has 5 heterocycles. The van der Waals surface area contributed by atoms with Crippen molar-refractivity contribution in [3.63, 3.8) is 0 Å². The zero-order valence-electron chi connectivity index (χ0n) is 24.9. The van der Waals surface area contributed by atoms with E-state index in [1.807, 2.05) is 26.2 Å². The Balaban J connectivity index is 1.22. The van der Waals surface area contributed by atoms with Crippen LogP contribution in [0.3, 0.4) is 0 Å². The molecule has 9 nitrogen and oxygen atoms in total. The molecule has 41 heavy (non-hydrogen) atoms. The number of nitrogens with zero attached hydrogens (tertiary/aromatic N) is 3. The van der Waals surface area contributed by atoms with Crippen molar-refractivity contribution in [2.45, 2.75) is 83.9 Å². The number of aliphatic imine (C=N–C) groups is 1. The Morgan fingerprint density at radius 1 is 1.22 bits per heavy atom. The van der Waals surface area contributed by atoms with E-state index in [4.69, 9.17) is 14.7 Å². The fraction of sp³-hybridized carbons (Fsp3) is 0.581. The molecule has 0 bridgehead atoms. The van der Waals surface area contributed by atoms with Crippen LogP contribution in [-0.2, 0) is 22.5 Å². The lowest BCUT2D eigenvalue weighted by Crippen LogP contribution is -2.49. The lowest BCUT2D eigenvalue weighted by Gasteiger charge is -2.37. The standard InChI is InChI=1S/C31H45N7O2S/c1-5-24-28(34-18-26(30(39)40-31(2,3)4)33-17-21-12-16-41-19-21)35-20-36-29(24)38-14-10-22(11-15-38)25-9-8-23-7-6-13-32-27(23)37-25/h8-9,12,16,19,22,26,33-35H,5-7,10-11,13-15,17-18,20H2,1-4H3,(H,32,37)/t26-/m0/s1. The molecule has 0 radical (unpaired) electrons. The summed E-state index contributed by atoms with van der Waals surface area (Å²) in [4.78, 5) is 25.4. The third-order valence-electron chi connectivity index (χ3n) is 7.85. The fourth-order valence-corrected chi connectivity index (χ4v) is 6.38. The first-order valence-corrected chi connectivity index (χ1v) is 16.0. The second kappa shape index (κ2) is 13.2. The largest absolute Gasteiger partial charge is 0.459 e. The maximum Gasteiger partial charge on any atom is 0.325 e. The van der Waals surface area contributed by atoms with Crippen molar-refractivity contribution in [2.24, 2.45) is 4.99 Å². The van der Waals surface area contributed by atoms with Gasteiger partial charge < -0.3 is 25.6 Å². The number of thiophene rings is 1. The van der Waals surface area contributed by atoms with E-state index in [1.54, 1.807) is 11.3 Å². The predicted octanol–water partition coefficient (Wildman–Crippen LogP) is 4.35. The van der Waals surface area contributed by atoms with Crippen LogP contribution in [0.2, 0.25) is 0 Å². The van der Waals surface area contributed by atoms with Gasteiger partial charge in [-0.15, -0.1) is 0 Å². The van der Waals surface area contributed by atoms with Gasteiger partial charge in [-0.3, -0.25) is 10.1 Å². The van der Waals surface area contributed by atoms with Crippen LogP contribution in [0.15, 0.2) is 45.3 Å². The number of aromatic nitrogens is 1. The third kappa shape index (κ3) is 7.60. The molecule has 3 aliphatic rings. The molecule has 0 spiro atoms. The summed E-state index contributed by atoms with van der Waals surface area (Å²) in [7, 11) is 0. The average molecular weight is 580 g/mol. The van der Waals surface area contributed by atoms with Gasteiger partial charge in [0, 0.05) is 49.9 Å². The highest BCUT2D eigenvalue weighted by Gasteiger charge is 2.29. The van der Waals surface area contributed by atoms with Crippen molar-refractivity contribution < 1.29 is 9.53 Å². The van der Waals surface area contributed by atoms with Gasteiger partial charge in [-0.05, 0) is 86.9 Å². The quantitative estimate of drug-likeness (QED) is 0.325. The molecule has 3 aliphatic heterocycles. The number of carbonyl (C=O) groups is 1. The summed E-state index contributed by atoms with van der Waals surface area (Å²) in [6.45, 7) is 12.3. The average Bonchev–Trinajstić information content (AvgIpc) is 3.49. The second-order valence-electron chi connectivity index (χ2n) is 12.0. The zero-order chi connectivity index (χ0) is 28.8. The molecule has 0 unspecified atom stereocenters. The van der Waals surface area contributed by atoms with Gasteiger partial charge in [-0.2, -0.15) is 11.3 Å². The van der Waals surface area contributed by atoms with E-state index in [1.165, 1.54) is 17.7 Å². The minimum absolute atomic E-state index is 0.253. The molecule has 1 atom stereocenters. The predicted molar refractivity (Wildman–Crippen MR) is 166 cm³/mol. The summed E-state index contributed by atoms with van der Waals surface area (Å²) in [5, 5.41) is 18.0. The molecule has 1 saturated heterocycles. The summed E-state index contributed by atoms with van der Waals surface area (Å²) in [5.41, 5.74) is 4.32. The third-order valence-corrected chi connectivity index (χ3v) is 8.58. The first-order valence-electron chi connectivity index (χ1n) is 15.0. The Morgan fingerprint density at radius 2 is 2.05 bits per heavy atom. The lowest BCUT2D eigenvalue weighted by atomic mass is 9.91.